The molecule has 17 heavy (non-hydrogen) atoms. The van der Waals surface area contributed by atoms with Crippen molar-refractivity contribution in [3.8, 4) is 0 Å². The molecule has 0 heterocycles. The highest BCUT2D eigenvalue weighted by atomic mass is 15.1. The van der Waals surface area contributed by atoms with E-state index in [0.717, 1.165) is 18.9 Å². The fourth-order valence-corrected chi connectivity index (χ4v) is 2.32. The lowest BCUT2D eigenvalue weighted by Crippen LogP contribution is -2.27. The van der Waals surface area contributed by atoms with Crippen LogP contribution in [0.1, 0.15) is 44.7 Å². The molecule has 2 N–H and O–H groups in total. The molecule has 1 aromatic rings. The van der Waals surface area contributed by atoms with Gasteiger partial charge in [0.15, 0.2) is 0 Å². The molecule has 0 saturated heterocycles. The van der Waals surface area contributed by atoms with Gasteiger partial charge in [0.05, 0.1) is 0 Å². The number of benzene rings is 1. The van der Waals surface area contributed by atoms with Gasteiger partial charge < -0.3 is 10.6 Å². The number of hydrogen-bond donors (Lipinski definition) is 1. The summed E-state index contributed by atoms with van der Waals surface area (Å²) in [6.07, 6.45) is 3.80. The lowest BCUT2D eigenvalue weighted by molar-refractivity contribution is 0.681. The summed E-state index contributed by atoms with van der Waals surface area (Å²) in [5.74, 6) is 0.917. The van der Waals surface area contributed by atoms with E-state index in [1.807, 2.05) is 0 Å². The van der Waals surface area contributed by atoms with Gasteiger partial charge in [0.2, 0.25) is 0 Å². The van der Waals surface area contributed by atoms with Crippen LogP contribution < -0.4 is 10.6 Å². The molecule has 2 rings (SSSR count). The third kappa shape index (κ3) is 3.01. The first-order chi connectivity index (χ1) is 8.26. The highest BCUT2D eigenvalue weighted by molar-refractivity contribution is 5.55. The van der Waals surface area contributed by atoms with Crippen molar-refractivity contribution in [1.82, 2.24) is 0 Å². The second-order valence-corrected chi connectivity index (χ2v) is 5.06. The molecule has 1 atom stereocenters. The highest BCUT2D eigenvalue weighted by Crippen LogP contribution is 2.33. The Morgan fingerprint density at radius 3 is 2.59 bits per heavy atom. The molecule has 0 unspecified atom stereocenters. The molecule has 0 aliphatic heterocycles. The largest absolute Gasteiger partial charge is 0.371 e. The van der Waals surface area contributed by atoms with Crippen LogP contribution in [0.4, 0.5) is 5.69 Å². The molecule has 0 bridgehead atoms. The van der Waals surface area contributed by atoms with Gasteiger partial charge in [-0.05, 0) is 43.7 Å². The van der Waals surface area contributed by atoms with Crippen LogP contribution in [-0.4, -0.2) is 13.1 Å². The SMILES string of the molecule is CC[C@H](N)c1ccccc1N(CC)CC1CC1. The van der Waals surface area contributed by atoms with Gasteiger partial charge in [-0.15, -0.1) is 0 Å². The van der Waals surface area contributed by atoms with Crippen LogP contribution in [0.3, 0.4) is 0 Å². The van der Waals surface area contributed by atoms with Gasteiger partial charge in [-0.25, -0.2) is 0 Å². The molecule has 2 heteroatoms. The Kier molecular flexibility index (Phi) is 4.06. The Labute approximate surface area is 105 Å². The van der Waals surface area contributed by atoms with E-state index in [1.54, 1.807) is 0 Å². The maximum atomic E-state index is 6.21. The van der Waals surface area contributed by atoms with E-state index in [-0.39, 0.29) is 6.04 Å². The van der Waals surface area contributed by atoms with E-state index in [4.69, 9.17) is 5.73 Å². The van der Waals surface area contributed by atoms with Gasteiger partial charge >= 0.3 is 0 Å². The molecule has 0 amide bonds. The third-order valence-corrected chi connectivity index (χ3v) is 3.67. The minimum absolute atomic E-state index is 0.166. The summed E-state index contributed by atoms with van der Waals surface area (Å²) in [5, 5.41) is 0. The molecule has 1 aromatic carbocycles. The highest BCUT2D eigenvalue weighted by Gasteiger charge is 2.25. The zero-order valence-electron chi connectivity index (χ0n) is 11.0. The molecule has 0 radical (unpaired) electrons. The van der Waals surface area contributed by atoms with E-state index in [9.17, 15) is 0 Å². The standard InChI is InChI=1S/C15H24N2/c1-3-14(16)13-7-5-6-8-15(13)17(4-2)11-12-9-10-12/h5-8,12,14H,3-4,9-11,16H2,1-2H3/t14-/m0/s1. The van der Waals surface area contributed by atoms with Gasteiger partial charge in [0.1, 0.15) is 0 Å². The van der Waals surface area contributed by atoms with Crippen LogP contribution in [0, 0.1) is 5.92 Å². The molecule has 1 aliphatic rings. The molecule has 94 valence electrons. The second-order valence-electron chi connectivity index (χ2n) is 5.06. The fourth-order valence-electron chi connectivity index (χ4n) is 2.32. The smallest absolute Gasteiger partial charge is 0.0414 e. The lowest BCUT2D eigenvalue weighted by atomic mass is 10.0. The second kappa shape index (κ2) is 5.54. The zero-order chi connectivity index (χ0) is 12.3. The summed E-state index contributed by atoms with van der Waals surface area (Å²) in [5.41, 5.74) is 8.85. The molecular weight excluding hydrogens is 208 g/mol. The molecule has 0 aromatic heterocycles. The van der Waals surface area contributed by atoms with Crippen molar-refractivity contribution in [3.05, 3.63) is 29.8 Å². The molecule has 1 aliphatic carbocycles. The Morgan fingerprint density at radius 1 is 1.29 bits per heavy atom. The van der Waals surface area contributed by atoms with E-state index in [2.05, 4.69) is 43.0 Å². The maximum absolute atomic E-state index is 6.21. The summed E-state index contributed by atoms with van der Waals surface area (Å²) in [7, 11) is 0. The number of rotatable bonds is 6. The third-order valence-electron chi connectivity index (χ3n) is 3.67. The van der Waals surface area contributed by atoms with Crippen molar-refractivity contribution >= 4 is 5.69 Å². The van der Waals surface area contributed by atoms with Gasteiger partial charge in [-0.2, -0.15) is 0 Å². The average Bonchev–Trinajstić information content (AvgIpc) is 3.19. The number of nitrogens with zero attached hydrogens (tertiary/aromatic N) is 1. The van der Waals surface area contributed by atoms with E-state index < -0.39 is 0 Å². The molecule has 1 fully saturated rings. The minimum Gasteiger partial charge on any atom is -0.371 e. The molecular formula is C15H24N2. The number of para-hydroxylation sites is 1. The Hall–Kier alpha value is -1.02. The molecule has 1 saturated carbocycles. The summed E-state index contributed by atoms with van der Waals surface area (Å²) in [6, 6.07) is 8.78. The van der Waals surface area contributed by atoms with Crippen LogP contribution in [0.25, 0.3) is 0 Å². The van der Waals surface area contributed by atoms with Crippen molar-refractivity contribution in [3.63, 3.8) is 0 Å². The van der Waals surface area contributed by atoms with Crippen molar-refractivity contribution in [2.24, 2.45) is 11.7 Å². The number of hydrogen-bond acceptors (Lipinski definition) is 2. The molecule has 0 spiro atoms. The first-order valence-electron chi connectivity index (χ1n) is 6.85. The van der Waals surface area contributed by atoms with Crippen molar-refractivity contribution in [1.29, 1.82) is 0 Å². The summed E-state index contributed by atoms with van der Waals surface area (Å²) < 4.78 is 0. The van der Waals surface area contributed by atoms with Crippen LogP contribution >= 0.6 is 0 Å². The number of nitrogens with two attached hydrogens (primary N) is 1. The van der Waals surface area contributed by atoms with Crippen molar-refractivity contribution in [2.75, 3.05) is 18.0 Å². The Balaban J connectivity index is 2.21. The minimum atomic E-state index is 0.166. The van der Waals surface area contributed by atoms with Gasteiger partial charge in [-0.3, -0.25) is 0 Å². The van der Waals surface area contributed by atoms with Crippen LogP contribution in [0.2, 0.25) is 0 Å². The predicted molar refractivity (Wildman–Crippen MR) is 74.3 cm³/mol. The summed E-state index contributed by atoms with van der Waals surface area (Å²) >= 11 is 0. The summed E-state index contributed by atoms with van der Waals surface area (Å²) in [6.45, 7) is 6.66. The van der Waals surface area contributed by atoms with Gasteiger partial charge in [0, 0.05) is 24.8 Å². The normalized spacial score (nSPS) is 16.9. The quantitative estimate of drug-likeness (QED) is 0.815. The number of anilines is 1. The maximum Gasteiger partial charge on any atom is 0.0414 e. The van der Waals surface area contributed by atoms with E-state index in [1.165, 1.54) is 30.6 Å². The van der Waals surface area contributed by atoms with Gasteiger partial charge in [0.25, 0.3) is 0 Å². The van der Waals surface area contributed by atoms with Crippen molar-refractivity contribution in [2.45, 2.75) is 39.2 Å². The fraction of sp³-hybridized carbons (Fsp3) is 0.600. The van der Waals surface area contributed by atoms with Crippen LogP contribution in [0.15, 0.2) is 24.3 Å². The summed E-state index contributed by atoms with van der Waals surface area (Å²) in [4.78, 5) is 2.49. The first kappa shape index (κ1) is 12.4. The van der Waals surface area contributed by atoms with Crippen LogP contribution in [0.5, 0.6) is 0 Å². The monoisotopic (exact) mass is 232 g/mol. The lowest BCUT2D eigenvalue weighted by Gasteiger charge is -2.27. The Bertz CT molecular complexity index is 358. The Morgan fingerprint density at radius 2 is 2.00 bits per heavy atom. The van der Waals surface area contributed by atoms with Gasteiger partial charge in [-0.1, -0.05) is 25.1 Å². The first-order valence-corrected chi connectivity index (χ1v) is 6.85. The zero-order valence-corrected chi connectivity index (χ0v) is 11.0. The van der Waals surface area contributed by atoms with E-state index in [0.29, 0.717) is 0 Å². The topological polar surface area (TPSA) is 29.3 Å². The van der Waals surface area contributed by atoms with Crippen LogP contribution in [-0.2, 0) is 0 Å². The van der Waals surface area contributed by atoms with E-state index >= 15 is 0 Å². The predicted octanol–water partition coefficient (Wildman–Crippen LogP) is 3.33. The molecule has 2 nitrogen and oxygen atoms in total. The average molecular weight is 232 g/mol. The van der Waals surface area contributed by atoms with Crippen molar-refractivity contribution < 1.29 is 0 Å².